The second-order valence-electron chi connectivity index (χ2n) is 25.4. The van der Waals surface area contributed by atoms with E-state index in [1.54, 1.807) is 0 Å². The van der Waals surface area contributed by atoms with E-state index in [1.807, 2.05) is 27.7 Å². The summed E-state index contributed by atoms with van der Waals surface area (Å²) >= 11 is 0. The van der Waals surface area contributed by atoms with Gasteiger partial charge in [-0.15, -0.1) is 0 Å². The molecule has 8 aliphatic carbocycles. The lowest BCUT2D eigenvalue weighted by Gasteiger charge is -2.59. The normalized spacial score (nSPS) is 47.1. The fraction of sp³-hybridized carbons (Fsp3) is 0.926. The van der Waals surface area contributed by atoms with Gasteiger partial charge in [0.1, 0.15) is 0 Å². The van der Waals surface area contributed by atoms with Crippen LogP contribution in [0.15, 0.2) is 23.3 Å². The van der Waals surface area contributed by atoms with E-state index < -0.39 is 11.2 Å². The second kappa shape index (κ2) is 17.2. The molecule has 0 saturated heterocycles. The monoisotopic (exact) mass is 837 g/mol. The minimum Gasteiger partial charge on any atom is -0.393 e. The van der Waals surface area contributed by atoms with Crippen LogP contribution in [-0.4, -0.2) is 66.3 Å². The van der Waals surface area contributed by atoms with Gasteiger partial charge in [0, 0.05) is 0 Å². The maximum atomic E-state index is 11.3. The van der Waals surface area contributed by atoms with E-state index >= 15 is 0 Å². The van der Waals surface area contributed by atoms with Gasteiger partial charge in [0.15, 0.2) is 0 Å². The summed E-state index contributed by atoms with van der Waals surface area (Å²) in [7, 11) is 0. The Hall–Kier alpha value is -0.760. The molecule has 6 nitrogen and oxygen atoms in total. The van der Waals surface area contributed by atoms with E-state index in [1.165, 1.54) is 75.4 Å². The summed E-state index contributed by atoms with van der Waals surface area (Å²) in [5.41, 5.74) is 2.61. The Morgan fingerprint density at radius 1 is 0.533 bits per heavy atom. The van der Waals surface area contributed by atoms with E-state index in [2.05, 4.69) is 53.7 Å². The highest BCUT2D eigenvalue weighted by atomic mass is 16.3. The first-order valence-electron chi connectivity index (χ1n) is 25.5. The molecule has 0 aromatic carbocycles. The van der Waals surface area contributed by atoms with Gasteiger partial charge in [0.2, 0.25) is 0 Å². The molecule has 6 N–H and O–H groups in total. The van der Waals surface area contributed by atoms with Crippen molar-refractivity contribution in [1.82, 2.24) is 0 Å². The first kappa shape index (κ1) is 47.2. The predicted molar refractivity (Wildman–Crippen MR) is 244 cm³/mol. The largest absolute Gasteiger partial charge is 0.393 e. The SMILES string of the molecule is C[C@H](CCCC(C)(C)O)[C@H]1CC[C@H]2[C@@H]3[C@@H](O)C=C4C[C@@H](O)CC[C@]4(C)[C@H]3CC[C@]12C.C[C@H](CCCC(C)(C)O)[C@H]1CC[C@H]2[C@@H]3[C@H](O)C=C4C[C@@H](O)CC[C@]4(C)[C@H]3CC[C@]12C. The number of aliphatic hydroxyl groups excluding tert-OH is 4. The zero-order chi connectivity index (χ0) is 43.8. The molecule has 0 heterocycles. The molecule has 18 atom stereocenters. The second-order valence-corrected chi connectivity index (χ2v) is 25.4. The lowest BCUT2D eigenvalue weighted by Crippen LogP contribution is -2.54. The molecule has 0 bridgehead atoms. The van der Waals surface area contributed by atoms with Crippen LogP contribution in [-0.2, 0) is 0 Å². The van der Waals surface area contributed by atoms with Crippen LogP contribution < -0.4 is 0 Å². The van der Waals surface area contributed by atoms with Gasteiger partial charge < -0.3 is 30.6 Å². The molecule has 0 spiro atoms. The van der Waals surface area contributed by atoms with Gasteiger partial charge in [-0.25, -0.2) is 0 Å². The van der Waals surface area contributed by atoms with Crippen LogP contribution in [0.3, 0.4) is 0 Å². The predicted octanol–water partition coefficient (Wildman–Crippen LogP) is 10.9. The van der Waals surface area contributed by atoms with Crippen molar-refractivity contribution in [2.24, 2.45) is 80.8 Å². The molecule has 8 rings (SSSR count). The summed E-state index contributed by atoms with van der Waals surface area (Å²) in [6.07, 6.45) is 25.2. The highest BCUT2D eigenvalue weighted by molar-refractivity contribution is 5.29. The van der Waals surface area contributed by atoms with Gasteiger partial charge in [-0.3, -0.25) is 0 Å². The number of fused-ring (bicyclic) bond motifs is 10. The summed E-state index contributed by atoms with van der Waals surface area (Å²) in [6.45, 7) is 22.5. The number of hydrogen-bond acceptors (Lipinski definition) is 6. The first-order chi connectivity index (χ1) is 27.9. The van der Waals surface area contributed by atoms with Crippen molar-refractivity contribution in [2.75, 3.05) is 0 Å². The highest BCUT2D eigenvalue weighted by Crippen LogP contribution is 2.69. The first-order valence-corrected chi connectivity index (χ1v) is 25.5. The average molecular weight is 837 g/mol. The third-order valence-electron chi connectivity index (χ3n) is 20.6. The van der Waals surface area contributed by atoms with Gasteiger partial charge in [-0.1, -0.05) is 90.5 Å². The Morgan fingerprint density at radius 2 is 0.900 bits per heavy atom. The molecule has 0 aliphatic heterocycles. The van der Waals surface area contributed by atoms with Crippen molar-refractivity contribution in [3.8, 4) is 0 Å². The molecule has 6 heteroatoms. The average Bonchev–Trinajstić information content (AvgIpc) is 3.69. The Bertz CT molecular complexity index is 1440. The molecule has 8 aliphatic rings. The standard InChI is InChI=1S/2C27H46O3/c2*1-17(7-6-12-25(2,3)30)20-8-9-21-24-22(11-14-27(20,21)5)26(4)13-10-19(28)15-18(26)16-23(24)29/h2*16-17,19-24,28-30H,6-15H2,1-5H3/t17-,19+,20-,21+,22+,23+,24+,26+,27-;17-,19+,20-,21+,22+,23-,24+,26+,27-/m11/s1. The third kappa shape index (κ3) is 8.82. The number of aliphatic hydroxyl groups is 6. The Balaban J connectivity index is 0.000000181. The van der Waals surface area contributed by atoms with Crippen LogP contribution in [0, 0.1) is 80.8 Å². The summed E-state index contributed by atoms with van der Waals surface area (Å²) in [5, 5.41) is 63.1. The van der Waals surface area contributed by atoms with Gasteiger partial charge in [-0.05, 0) is 211 Å². The van der Waals surface area contributed by atoms with E-state index in [0.29, 0.717) is 58.2 Å². The van der Waals surface area contributed by atoms with Gasteiger partial charge in [0.25, 0.3) is 0 Å². The number of rotatable bonds is 10. The zero-order valence-corrected chi connectivity index (χ0v) is 40.1. The Kier molecular flexibility index (Phi) is 13.6. The van der Waals surface area contributed by atoms with Crippen LogP contribution in [0.25, 0.3) is 0 Å². The van der Waals surface area contributed by atoms with Crippen LogP contribution in [0.1, 0.15) is 198 Å². The van der Waals surface area contributed by atoms with Crippen molar-refractivity contribution < 1.29 is 30.6 Å². The van der Waals surface area contributed by atoms with Crippen LogP contribution in [0.5, 0.6) is 0 Å². The zero-order valence-electron chi connectivity index (χ0n) is 40.1. The van der Waals surface area contributed by atoms with Crippen molar-refractivity contribution in [3.05, 3.63) is 23.3 Å². The maximum absolute atomic E-state index is 11.3. The Morgan fingerprint density at radius 3 is 1.25 bits per heavy atom. The van der Waals surface area contributed by atoms with E-state index in [9.17, 15) is 30.6 Å². The maximum Gasteiger partial charge on any atom is 0.0757 e. The van der Waals surface area contributed by atoms with E-state index in [-0.39, 0.29) is 35.2 Å². The summed E-state index contributed by atoms with van der Waals surface area (Å²) < 4.78 is 0. The molecule has 0 aromatic heterocycles. The summed E-state index contributed by atoms with van der Waals surface area (Å²) in [6, 6.07) is 0. The van der Waals surface area contributed by atoms with E-state index in [0.717, 1.165) is 76.0 Å². The van der Waals surface area contributed by atoms with Gasteiger partial charge >= 0.3 is 0 Å². The van der Waals surface area contributed by atoms with Crippen molar-refractivity contribution >= 4 is 0 Å². The lowest BCUT2D eigenvalue weighted by atomic mass is 9.46. The number of hydrogen-bond donors (Lipinski definition) is 6. The molecular weight excluding hydrogens is 745 g/mol. The molecule has 0 unspecified atom stereocenters. The molecule has 60 heavy (non-hydrogen) atoms. The molecular formula is C54H92O6. The fourth-order valence-corrected chi connectivity index (χ4v) is 17.3. The topological polar surface area (TPSA) is 121 Å². The smallest absolute Gasteiger partial charge is 0.0757 e. The molecule has 344 valence electrons. The van der Waals surface area contributed by atoms with E-state index in [4.69, 9.17) is 0 Å². The van der Waals surface area contributed by atoms with Crippen molar-refractivity contribution in [3.63, 3.8) is 0 Å². The Labute approximate surface area is 366 Å². The summed E-state index contributed by atoms with van der Waals surface area (Å²) in [5.74, 6) is 6.01. The molecule has 6 fully saturated rings. The molecule has 0 aromatic rings. The quantitative estimate of drug-likeness (QED) is 0.122. The van der Waals surface area contributed by atoms with Crippen LogP contribution >= 0.6 is 0 Å². The fourth-order valence-electron chi connectivity index (χ4n) is 17.3. The molecule has 6 saturated carbocycles. The lowest BCUT2D eigenvalue weighted by molar-refractivity contribution is -0.0972. The van der Waals surface area contributed by atoms with Crippen molar-refractivity contribution in [2.45, 2.75) is 233 Å². The molecule has 0 amide bonds. The molecule has 0 radical (unpaired) electrons. The van der Waals surface area contributed by atoms with Gasteiger partial charge in [-0.2, -0.15) is 0 Å². The van der Waals surface area contributed by atoms with Crippen LogP contribution in [0.4, 0.5) is 0 Å². The minimum absolute atomic E-state index is 0.181. The van der Waals surface area contributed by atoms with Crippen molar-refractivity contribution in [1.29, 1.82) is 0 Å². The summed E-state index contributed by atoms with van der Waals surface area (Å²) in [4.78, 5) is 0. The highest BCUT2D eigenvalue weighted by Gasteiger charge is 2.63. The third-order valence-corrected chi connectivity index (χ3v) is 20.6. The van der Waals surface area contributed by atoms with Crippen LogP contribution in [0.2, 0.25) is 0 Å². The van der Waals surface area contributed by atoms with Gasteiger partial charge in [0.05, 0.1) is 35.6 Å². The minimum atomic E-state index is -0.556.